The molecular weight excluding hydrogens is 498 g/mol. The van der Waals surface area contributed by atoms with Crippen LogP contribution in [0.3, 0.4) is 0 Å². The average Bonchev–Trinajstić information content (AvgIpc) is 3.14. The molecule has 0 aliphatic heterocycles. The van der Waals surface area contributed by atoms with E-state index >= 15 is 8.78 Å². The van der Waals surface area contributed by atoms with Gasteiger partial charge in [-0.2, -0.15) is 0 Å². The molecule has 1 unspecified atom stereocenters. The Labute approximate surface area is 227 Å². The highest BCUT2D eigenvalue weighted by atomic mass is 19.1. The molecule has 0 bridgehead atoms. The highest BCUT2D eigenvalue weighted by molar-refractivity contribution is 5.94. The molecule has 0 amide bonds. The first-order valence-corrected chi connectivity index (χ1v) is 13.7. The van der Waals surface area contributed by atoms with E-state index in [0.717, 1.165) is 41.6 Å². The quantitative estimate of drug-likeness (QED) is 0.346. The number of aryl methyl sites for hydroxylation is 3. The number of halogens is 2. The minimum atomic E-state index is -1.22. The third-order valence-electron chi connectivity index (χ3n) is 8.14. The molecule has 3 aromatic rings. The second-order valence-electron chi connectivity index (χ2n) is 10.9. The Bertz CT molecular complexity index is 1440. The number of benzene rings is 1. The first-order valence-electron chi connectivity index (χ1n) is 13.7. The van der Waals surface area contributed by atoms with E-state index in [1.165, 1.54) is 18.2 Å². The molecule has 1 saturated carbocycles. The molecular formula is C32H34F2N2O3. The van der Waals surface area contributed by atoms with Crippen LogP contribution in [0.5, 0.6) is 0 Å². The van der Waals surface area contributed by atoms with Crippen LogP contribution in [-0.2, 0) is 6.42 Å². The number of alkyl halides is 1. The van der Waals surface area contributed by atoms with Crippen LogP contribution in [0.15, 0.2) is 41.1 Å². The molecule has 204 valence electrons. The zero-order valence-electron chi connectivity index (χ0n) is 22.7. The van der Waals surface area contributed by atoms with Crippen molar-refractivity contribution in [3.8, 4) is 11.1 Å². The number of nitrogens with zero attached hydrogens (tertiary/aromatic N) is 2. The van der Waals surface area contributed by atoms with Gasteiger partial charge in [-0.3, -0.25) is 4.98 Å². The Morgan fingerprint density at radius 3 is 2.67 bits per heavy atom. The molecule has 1 fully saturated rings. The Hall–Kier alpha value is -3.61. The van der Waals surface area contributed by atoms with Gasteiger partial charge in [-0.1, -0.05) is 48.7 Å². The van der Waals surface area contributed by atoms with Crippen LogP contribution in [0.25, 0.3) is 22.8 Å². The minimum Gasteiger partial charge on any atom is -0.478 e. The fourth-order valence-corrected chi connectivity index (χ4v) is 6.27. The lowest BCUT2D eigenvalue weighted by atomic mass is 9.78. The van der Waals surface area contributed by atoms with Crippen LogP contribution in [0, 0.1) is 25.6 Å². The molecule has 1 N–H and O–H groups in total. The Kier molecular flexibility index (Phi) is 7.52. The van der Waals surface area contributed by atoms with Gasteiger partial charge < -0.3 is 9.63 Å². The van der Waals surface area contributed by atoms with Gasteiger partial charge in [0.25, 0.3) is 0 Å². The summed E-state index contributed by atoms with van der Waals surface area (Å²) in [6.45, 7) is 5.46. The van der Waals surface area contributed by atoms with E-state index in [-0.39, 0.29) is 22.6 Å². The third-order valence-corrected chi connectivity index (χ3v) is 8.14. The van der Waals surface area contributed by atoms with Gasteiger partial charge in [0.15, 0.2) is 0 Å². The predicted octanol–water partition coefficient (Wildman–Crippen LogP) is 8.28. The van der Waals surface area contributed by atoms with Gasteiger partial charge in [0.1, 0.15) is 17.2 Å². The average molecular weight is 533 g/mol. The summed E-state index contributed by atoms with van der Waals surface area (Å²) in [4.78, 5) is 16.6. The predicted molar refractivity (Wildman–Crippen MR) is 148 cm³/mol. The van der Waals surface area contributed by atoms with E-state index in [1.54, 1.807) is 19.2 Å². The number of aromatic nitrogens is 2. The normalized spacial score (nSPS) is 19.0. The monoisotopic (exact) mass is 532 g/mol. The van der Waals surface area contributed by atoms with E-state index in [0.29, 0.717) is 49.1 Å². The molecule has 1 aromatic carbocycles. The zero-order chi connectivity index (χ0) is 27.7. The number of aromatic carboxylic acids is 1. The number of carboxylic acid groups (broad SMARTS) is 1. The molecule has 5 rings (SSSR count). The van der Waals surface area contributed by atoms with Crippen molar-refractivity contribution in [3.05, 3.63) is 81.8 Å². The number of allylic oxidation sites excluding steroid dienone is 2. The first-order chi connectivity index (χ1) is 18.7. The summed E-state index contributed by atoms with van der Waals surface area (Å²) < 4.78 is 37.3. The van der Waals surface area contributed by atoms with Gasteiger partial charge in [-0.15, -0.1) is 0 Å². The lowest BCUT2D eigenvalue weighted by molar-refractivity contribution is 0.0695. The van der Waals surface area contributed by atoms with Gasteiger partial charge in [-0.05, 0) is 76.5 Å². The van der Waals surface area contributed by atoms with Crippen molar-refractivity contribution in [3.63, 3.8) is 0 Å². The molecule has 0 radical (unpaired) electrons. The Balaban J connectivity index is 1.65. The second kappa shape index (κ2) is 10.9. The van der Waals surface area contributed by atoms with Gasteiger partial charge in [0, 0.05) is 34.0 Å². The van der Waals surface area contributed by atoms with Crippen molar-refractivity contribution in [2.75, 3.05) is 0 Å². The van der Waals surface area contributed by atoms with Crippen LogP contribution in [-0.4, -0.2) is 26.9 Å². The number of pyridine rings is 1. The number of rotatable bonds is 6. The summed E-state index contributed by atoms with van der Waals surface area (Å²) in [5.74, 6) is -1.22. The highest BCUT2D eigenvalue weighted by Gasteiger charge is 2.35. The van der Waals surface area contributed by atoms with Crippen LogP contribution >= 0.6 is 0 Å². The number of carboxylic acids is 1. The van der Waals surface area contributed by atoms with E-state index in [2.05, 4.69) is 5.16 Å². The summed E-state index contributed by atoms with van der Waals surface area (Å²) in [6, 6.07) is 5.00. The molecule has 0 saturated heterocycles. The highest BCUT2D eigenvalue weighted by Crippen LogP contribution is 2.42. The maximum atomic E-state index is 16.1. The van der Waals surface area contributed by atoms with E-state index < -0.39 is 17.5 Å². The zero-order valence-corrected chi connectivity index (χ0v) is 22.7. The number of hydrogen-bond acceptors (Lipinski definition) is 4. The maximum absolute atomic E-state index is 16.1. The van der Waals surface area contributed by atoms with Crippen molar-refractivity contribution in [1.82, 2.24) is 10.1 Å². The van der Waals surface area contributed by atoms with Crippen molar-refractivity contribution in [2.24, 2.45) is 5.92 Å². The van der Waals surface area contributed by atoms with E-state index in [4.69, 9.17) is 9.51 Å². The van der Waals surface area contributed by atoms with Crippen molar-refractivity contribution in [2.45, 2.75) is 77.8 Å². The number of carbonyl (C=O) groups is 1. The molecule has 5 nitrogen and oxygen atoms in total. The van der Waals surface area contributed by atoms with E-state index in [9.17, 15) is 9.90 Å². The minimum absolute atomic E-state index is 0.0207. The Morgan fingerprint density at radius 1 is 1.23 bits per heavy atom. The van der Waals surface area contributed by atoms with Crippen LogP contribution < -0.4 is 0 Å². The molecule has 2 aromatic heterocycles. The fourth-order valence-electron chi connectivity index (χ4n) is 6.27. The van der Waals surface area contributed by atoms with Gasteiger partial charge in [0.2, 0.25) is 0 Å². The van der Waals surface area contributed by atoms with Gasteiger partial charge in [-0.25, -0.2) is 13.6 Å². The standard InChI is InChI=1S/C32H34F2N2O3/c1-4-8-24-26(31(37)38)12-11-25(29(24)33)27-15-21(17-32(34)13-6-5-7-14-32)9-10-22-16-23(18-35-30(22)27)28-19(2)36-39-20(28)3/h4,8,11-12,15-16,18,21H,5-7,9-10,13-14,17H2,1-3H3,(H,37,38)/b8-4+. The smallest absolute Gasteiger partial charge is 0.336 e. The SMILES string of the molecule is C/C=C/c1c(C(=O)O)ccc(C2=CC(CC3(F)CCCCC3)CCc3cc(-c4c(C)noc4C)cnc32)c1F. The second-order valence-corrected chi connectivity index (χ2v) is 10.9. The first kappa shape index (κ1) is 27.0. The van der Waals surface area contributed by atoms with Crippen LogP contribution in [0.1, 0.15) is 96.1 Å². The van der Waals surface area contributed by atoms with Crippen LogP contribution in [0.4, 0.5) is 8.78 Å². The lowest BCUT2D eigenvalue weighted by Crippen LogP contribution is -2.28. The molecule has 2 aliphatic carbocycles. The summed E-state index contributed by atoms with van der Waals surface area (Å²) in [6.07, 6.45) is 12.5. The number of hydrogen-bond donors (Lipinski definition) is 1. The lowest BCUT2D eigenvalue weighted by Gasteiger charge is -2.32. The fraction of sp³-hybridized carbons (Fsp3) is 0.406. The molecule has 39 heavy (non-hydrogen) atoms. The summed E-state index contributed by atoms with van der Waals surface area (Å²) in [5.41, 5.74) is 3.64. The molecule has 7 heteroatoms. The third kappa shape index (κ3) is 5.32. The Morgan fingerprint density at radius 2 is 2.00 bits per heavy atom. The topological polar surface area (TPSA) is 76.2 Å². The van der Waals surface area contributed by atoms with Crippen molar-refractivity contribution in [1.29, 1.82) is 0 Å². The molecule has 2 heterocycles. The summed E-state index contributed by atoms with van der Waals surface area (Å²) in [5, 5.41) is 13.7. The molecule has 2 aliphatic rings. The largest absolute Gasteiger partial charge is 0.478 e. The molecule has 0 spiro atoms. The van der Waals surface area contributed by atoms with E-state index in [1.807, 2.05) is 26.0 Å². The summed E-state index contributed by atoms with van der Waals surface area (Å²) in [7, 11) is 0. The molecule has 1 atom stereocenters. The number of fused-ring (bicyclic) bond motifs is 1. The van der Waals surface area contributed by atoms with Crippen molar-refractivity contribution < 1.29 is 23.2 Å². The van der Waals surface area contributed by atoms with Crippen LogP contribution in [0.2, 0.25) is 0 Å². The van der Waals surface area contributed by atoms with Crippen molar-refractivity contribution >= 4 is 17.6 Å². The maximum Gasteiger partial charge on any atom is 0.336 e. The van der Waals surface area contributed by atoms with Gasteiger partial charge >= 0.3 is 5.97 Å². The van der Waals surface area contributed by atoms with Gasteiger partial charge in [0.05, 0.1) is 17.0 Å². The summed E-state index contributed by atoms with van der Waals surface area (Å²) >= 11 is 0.